The number of rotatable bonds is 3. The second-order valence-electron chi connectivity index (χ2n) is 5.78. The molecule has 1 aliphatic heterocycles. The van der Waals surface area contributed by atoms with Crippen molar-refractivity contribution < 1.29 is 8.42 Å². The fraction of sp³-hybridized carbons (Fsp3) is 0.600. The fourth-order valence-electron chi connectivity index (χ4n) is 2.76. The molecule has 1 heterocycles. The largest absolute Gasteiger partial charge is 0.326 e. The van der Waals surface area contributed by atoms with E-state index in [0.717, 1.165) is 30.4 Å². The molecule has 0 radical (unpaired) electrons. The van der Waals surface area contributed by atoms with Gasteiger partial charge in [0.1, 0.15) is 0 Å². The van der Waals surface area contributed by atoms with Crippen LogP contribution in [0.1, 0.15) is 37.3 Å². The summed E-state index contributed by atoms with van der Waals surface area (Å²) in [6, 6.07) is 5.10. The summed E-state index contributed by atoms with van der Waals surface area (Å²) in [5, 5.41) is 0. The highest BCUT2D eigenvalue weighted by Gasteiger charge is 2.35. The van der Waals surface area contributed by atoms with Crippen molar-refractivity contribution in [1.29, 1.82) is 0 Å². The predicted octanol–water partition coefficient (Wildman–Crippen LogP) is 2.19. The molecule has 1 aromatic carbocycles. The van der Waals surface area contributed by atoms with Gasteiger partial charge in [-0.05, 0) is 56.9 Å². The van der Waals surface area contributed by atoms with Crippen LogP contribution in [0, 0.1) is 13.8 Å². The molecule has 2 atom stereocenters. The Bertz CT molecular complexity index is 582. The van der Waals surface area contributed by atoms with Gasteiger partial charge in [-0.1, -0.05) is 12.5 Å². The number of aryl methyl sites for hydroxylation is 2. The summed E-state index contributed by atoms with van der Waals surface area (Å²) in [4.78, 5) is 0.383. The van der Waals surface area contributed by atoms with E-state index < -0.39 is 10.0 Å². The van der Waals surface area contributed by atoms with Crippen LogP contribution < -0.4 is 5.73 Å². The van der Waals surface area contributed by atoms with Crippen LogP contribution in [-0.2, 0) is 10.0 Å². The molecule has 4 nitrogen and oxygen atoms in total. The second-order valence-corrected chi connectivity index (χ2v) is 7.67. The molecule has 1 saturated heterocycles. The third-order valence-electron chi connectivity index (χ3n) is 4.19. The van der Waals surface area contributed by atoms with Crippen molar-refractivity contribution in [1.82, 2.24) is 4.31 Å². The van der Waals surface area contributed by atoms with Gasteiger partial charge in [-0.3, -0.25) is 0 Å². The molecule has 1 aliphatic rings. The molecule has 20 heavy (non-hydrogen) atoms. The van der Waals surface area contributed by atoms with Crippen LogP contribution in [0.2, 0.25) is 0 Å². The van der Waals surface area contributed by atoms with E-state index in [4.69, 9.17) is 5.73 Å². The Kier molecular flexibility index (Phi) is 4.52. The maximum absolute atomic E-state index is 12.8. The number of sulfonamides is 1. The van der Waals surface area contributed by atoms with Crippen LogP contribution in [0.25, 0.3) is 0 Å². The number of hydrogen-bond acceptors (Lipinski definition) is 3. The van der Waals surface area contributed by atoms with Gasteiger partial charge >= 0.3 is 0 Å². The Morgan fingerprint density at radius 3 is 2.55 bits per heavy atom. The minimum atomic E-state index is -3.44. The second kappa shape index (κ2) is 5.84. The Morgan fingerprint density at radius 1 is 1.25 bits per heavy atom. The van der Waals surface area contributed by atoms with Crippen molar-refractivity contribution >= 4 is 10.0 Å². The molecule has 1 fully saturated rings. The van der Waals surface area contributed by atoms with Crippen molar-refractivity contribution in [3.63, 3.8) is 0 Å². The van der Waals surface area contributed by atoms with E-state index in [9.17, 15) is 8.42 Å². The molecule has 0 aromatic heterocycles. The van der Waals surface area contributed by atoms with Crippen molar-refractivity contribution in [2.45, 2.75) is 57.0 Å². The first-order chi connectivity index (χ1) is 9.34. The molecule has 0 saturated carbocycles. The van der Waals surface area contributed by atoms with Gasteiger partial charge in [0.05, 0.1) is 4.90 Å². The van der Waals surface area contributed by atoms with E-state index in [-0.39, 0.29) is 12.1 Å². The van der Waals surface area contributed by atoms with Crippen molar-refractivity contribution in [3.05, 3.63) is 29.3 Å². The van der Waals surface area contributed by atoms with Crippen molar-refractivity contribution in [2.24, 2.45) is 5.73 Å². The third-order valence-corrected chi connectivity index (χ3v) is 6.11. The smallest absolute Gasteiger partial charge is 0.243 e. The average Bonchev–Trinajstić information content (AvgIpc) is 2.41. The first kappa shape index (κ1) is 15.5. The van der Waals surface area contributed by atoms with Gasteiger partial charge in [-0.2, -0.15) is 4.31 Å². The minimum absolute atomic E-state index is 0.0876. The van der Waals surface area contributed by atoms with Gasteiger partial charge in [0, 0.05) is 18.6 Å². The Morgan fingerprint density at radius 2 is 1.95 bits per heavy atom. The molecule has 0 aliphatic carbocycles. The Hall–Kier alpha value is -0.910. The zero-order valence-electron chi connectivity index (χ0n) is 12.5. The maximum atomic E-state index is 12.8. The van der Waals surface area contributed by atoms with E-state index in [1.807, 2.05) is 26.8 Å². The highest BCUT2D eigenvalue weighted by atomic mass is 32.2. The summed E-state index contributed by atoms with van der Waals surface area (Å²) in [6.07, 6.45) is 2.81. The Balaban J connectivity index is 2.39. The van der Waals surface area contributed by atoms with Gasteiger partial charge in [0.25, 0.3) is 0 Å². The highest BCUT2D eigenvalue weighted by molar-refractivity contribution is 7.89. The summed E-state index contributed by atoms with van der Waals surface area (Å²) in [5.41, 5.74) is 8.08. The van der Waals surface area contributed by atoms with Crippen molar-refractivity contribution in [2.75, 3.05) is 6.54 Å². The number of piperidine rings is 1. The molecular weight excluding hydrogens is 272 g/mol. The summed E-state index contributed by atoms with van der Waals surface area (Å²) < 4.78 is 27.3. The molecule has 5 heteroatoms. The van der Waals surface area contributed by atoms with Crippen LogP contribution in [0.3, 0.4) is 0 Å². The number of benzene rings is 1. The molecule has 2 unspecified atom stereocenters. The molecular formula is C15H24N2O2S. The monoisotopic (exact) mass is 296 g/mol. The normalized spacial score (nSPS) is 22.7. The van der Waals surface area contributed by atoms with Gasteiger partial charge in [0.2, 0.25) is 10.0 Å². The quantitative estimate of drug-likeness (QED) is 0.930. The van der Waals surface area contributed by atoms with E-state index in [1.165, 1.54) is 0 Å². The summed E-state index contributed by atoms with van der Waals surface area (Å²) in [5.74, 6) is 0. The van der Waals surface area contributed by atoms with Crippen LogP contribution in [0.4, 0.5) is 0 Å². The molecule has 0 bridgehead atoms. The van der Waals surface area contributed by atoms with Gasteiger partial charge in [0.15, 0.2) is 0 Å². The standard InChI is InChI=1S/C15H24N2O2S/c1-11-7-8-14(10-12(11)2)20(18,19)17-9-5-4-6-15(17)13(3)16/h7-8,10,13,15H,4-6,9,16H2,1-3H3. The van der Waals surface area contributed by atoms with Gasteiger partial charge in [-0.25, -0.2) is 8.42 Å². The van der Waals surface area contributed by atoms with Gasteiger partial charge < -0.3 is 5.73 Å². The summed E-state index contributed by atoms with van der Waals surface area (Å²) >= 11 is 0. The number of nitrogens with two attached hydrogens (primary N) is 1. The van der Waals surface area contributed by atoms with Crippen LogP contribution >= 0.6 is 0 Å². The third kappa shape index (κ3) is 2.90. The first-order valence-corrected chi connectivity index (χ1v) is 8.62. The van der Waals surface area contributed by atoms with Crippen LogP contribution in [-0.4, -0.2) is 31.4 Å². The van der Waals surface area contributed by atoms with E-state index >= 15 is 0 Å². The molecule has 2 rings (SSSR count). The van der Waals surface area contributed by atoms with E-state index in [2.05, 4.69) is 0 Å². The fourth-order valence-corrected chi connectivity index (χ4v) is 4.62. The lowest BCUT2D eigenvalue weighted by atomic mass is 10.00. The molecule has 112 valence electrons. The molecule has 2 N–H and O–H groups in total. The topological polar surface area (TPSA) is 63.4 Å². The van der Waals surface area contributed by atoms with Gasteiger partial charge in [-0.15, -0.1) is 0 Å². The molecule has 0 spiro atoms. The Labute approximate surface area is 122 Å². The summed E-state index contributed by atoms with van der Waals surface area (Å²) in [6.45, 7) is 6.38. The number of hydrogen-bond donors (Lipinski definition) is 1. The lowest BCUT2D eigenvalue weighted by Crippen LogP contribution is -2.51. The van der Waals surface area contributed by atoms with Crippen LogP contribution in [0.15, 0.2) is 23.1 Å². The van der Waals surface area contributed by atoms with Crippen molar-refractivity contribution in [3.8, 4) is 0 Å². The van der Waals surface area contributed by atoms with E-state index in [1.54, 1.807) is 16.4 Å². The number of nitrogens with zero attached hydrogens (tertiary/aromatic N) is 1. The zero-order valence-corrected chi connectivity index (χ0v) is 13.3. The SMILES string of the molecule is Cc1ccc(S(=O)(=O)N2CCCCC2C(C)N)cc1C. The lowest BCUT2D eigenvalue weighted by Gasteiger charge is -2.37. The first-order valence-electron chi connectivity index (χ1n) is 7.18. The molecule has 0 amide bonds. The summed E-state index contributed by atoms with van der Waals surface area (Å²) in [7, 11) is -3.44. The maximum Gasteiger partial charge on any atom is 0.243 e. The van der Waals surface area contributed by atoms with E-state index in [0.29, 0.717) is 11.4 Å². The average molecular weight is 296 g/mol. The van der Waals surface area contributed by atoms with Crippen LogP contribution in [0.5, 0.6) is 0 Å². The highest BCUT2D eigenvalue weighted by Crippen LogP contribution is 2.27. The predicted molar refractivity (Wildman–Crippen MR) is 81.1 cm³/mol. The zero-order chi connectivity index (χ0) is 14.9. The lowest BCUT2D eigenvalue weighted by molar-refractivity contribution is 0.227. The molecule has 1 aromatic rings. The minimum Gasteiger partial charge on any atom is -0.326 e.